The Morgan fingerprint density at radius 3 is 2.65 bits per heavy atom. The molecule has 1 saturated carbocycles. The van der Waals surface area contributed by atoms with Gasteiger partial charge in [0.15, 0.2) is 0 Å². The molecule has 2 N–H and O–H groups in total. The van der Waals surface area contributed by atoms with Gasteiger partial charge in [0, 0.05) is 12.6 Å². The summed E-state index contributed by atoms with van der Waals surface area (Å²) in [4.78, 5) is 12.2. The van der Waals surface area contributed by atoms with Crippen LogP contribution in [0.5, 0.6) is 0 Å². The third-order valence-corrected chi connectivity index (χ3v) is 5.61. The van der Waals surface area contributed by atoms with Crippen molar-refractivity contribution < 1.29 is 13.7 Å². The maximum absolute atomic E-state index is 12.5. The summed E-state index contributed by atoms with van der Waals surface area (Å²) in [6.07, 6.45) is 3.17. The summed E-state index contributed by atoms with van der Waals surface area (Å²) >= 11 is 6.11. The lowest BCUT2D eigenvalue weighted by molar-refractivity contribution is -0.146. The molecule has 128 valence electrons. The minimum atomic E-state index is -1.29. The van der Waals surface area contributed by atoms with Crippen molar-refractivity contribution in [3.05, 3.63) is 23.2 Å². The van der Waals surface area contributed by atoms with Crippen LogP contribution in [0.1, 0.15) is 32.6 Å². The predicted molar refractivity (Wildman–Crippen MR) is 92.9 cm³/mol. The number of nitrogens with one attached hydrogen (secondary N) is 2. The van der Waals surface area contributed by atoms with Crippen molar-refractivity contribution in [3.63, 3.8) is 0 Å². The van der Waals surface area contributed by atoms with E-state index in [1.165, 1.54) is 7.11 Å². The van der Waals surface area contributed by atoms with E-state index < -0.39 is 11.0 Å². The summed E-state index contributed by atoms with van der Waals surface area (Å²) in [6.45, 7) is 2.73. The zero-order chi connectivity index (χ0) is 16.8. The van der Waals surface area contributed by atoms with Gasteiger partial charge >= 0.3 is 5.97 Å². The molecule has 0 spiro atoms. The number of methoxy groups -OCH3 is 1. The van der Waals surface area contributed by atoms with E-state index in [1.54, 1.807) is 12.1 Å². The van der Waals surface area contributed by atoms with Crippen LogP contribution in [0, 0.1) is 5.92 Å². The topological polar surface area (TPSA) is 67.4 Å². The highest BCUT2D eigenvalue weighted by Crippen LogP contribution is 2.27. The van der Waals surface area contributed by atoms with E-state index in [-0.39, 0.29) is 17.9 Å². The highest BCUT2D eigenvalue weighted by Gasteiger charge is 2.27. The first-order valence-corrected chi connectivity index (χ1v) is 9.37. The molecule has 1 fully saturated rings. The van der Waals surface area contributed by atoms with Crippen molar-refractivity contribution in [1.82, 2.24) is 4.72 Å². The number of ether oxygens (including phenoxy) is 1. The Bertz CT molecular complexity index is 574. The Morgan fingerprint density at radius 2 is 2.04 bits per heavy atom. The van der Waals surface area contributed by atoms with Crippen molar-refractivity contribution in [2.75, 3.05) is 19.0 Å². The van der Waals surface area contributed by atoms with Gasteiger partial charge in [-0.2, -0.15) is 0 Å². The molecule has 1 aliphatic rings. The van der Waals surface area contributed by atoms with Crippen molar-refractivity contribution >= 4 is 34.2 Å². The number of hydrogen-bond donors (Lipinski definition) is 2. The second kappa shape index (κ2) is 8.66. The number of hydrogen-bond acceptors (Lipinski definition) is 4. The zero-order valence-electron chi connectivity index (χ0n) is 13.4. The molecule has 0 aromatic heterocycles. The van der Waals surface area contributed by atoms with E-state index in [2.05, 4.69) is 10.0 Å². The SMILES string of the molecule is CCNc1cc(S(=O)NC2CCC(C(=O)OC)CC2)ccc1Cl. The first kappa shape index (κ1) is 18.2. The number of halogens is 1. The molecular formula is C16H23ClN2O3S. The molecule has 1 aromatic carbocycles. The number of anilines is 1. The summed E-state index contributed by atoms with van der Waals surface area (Å²) < 4.78 is 20.4. The lowest BCUT2D eigenvalue weighted by Gasteiger charge is -2.27. The fourth-order valence-electron chi connectivity index (χ4n) is 2.78. The van der Waals surface area contributed by atoms with Crippen molar-refractivity contribution in [1.29, 1.82) is 0 Å². The fourth-order valence-corrected chi connectivity index (χ4v) is 4.05. The van der Waals surface area contributed by atoms with E-state index >= 15 is 0 Å². The first-order valence-electron chi connectivity index (χ1n) is 7.84. The third kappa shape index (κ3) is 4.93. The van der Waals surface area contributed by atoms with E-state index in [4.69, 9.17) is 16.3 Å². The Hall–Kier alpha value is -1.11. The Morgan fingerprint density at radius 1 is 1.35 bits per heavy atom. The van der Waals surface area contributed by atoms with Crippen LogP contribution in [0.2, 0.25) is 5.02 Å². The van der Waals surface area contributed by atoms with Crippen molar-refractivity contribution in [2.45, 2.75) is 43.5 Å². The summed E-state index contributed by atoms with van der Waals surface area (Å²) in [5, 5.41) is 3.77. The third-order valence-electron chi connectivity index (χ3n) is 4.05. The van der Waals surface area contributed by atoms with E-state index in [9.17, 15) is 9.00 Å². The van der Waals surface area contributed by atoms with Gasteiger partial charge in [-0.3, -0.25) is 4.79 Å². The van der Waals surface area contributed by atoms with Crippen LogP contribution in [0.4, 0.5) is 5.69 Å². The molecule has 1 aliphatic carbocycles. The average molecular weight is 359 g/mol. The van der Waals surface area contributed by atoms with Gasteiger partial charge in [-0.05, 0) is 50.8 Å². The summed E-state index contributed by atoms with van der Waals surface area (Å²) in [7, 11) is 0.129. The maximum Gasteiger partial charge on any atom is 0.308 e. The number of carbonyl (C=O) groups is 1. The number of rotatable bonds is 6. The van der Waals surface area contributed by atoms with Crippen LogP contribution < -0.4 is 10.0 Å². The lowest BCUT2D eigenvalue weighted by atomic mass is 9.86. The second-order valence-corrected chi connectivity index (χ2v) is 7.28. The van der Waals surface area contributed by atoms with E-state index in [0.29, 0.717) is 9.92 Å². The van der Waals surface area contributed by atoms with Gasteiger partial charge in [-0.15, -0.1) is 0 Å². The molecule has 5 nitrogen and oxygen atoms in total. The summed E-state index contributed by atoms with van der Waals surface area (Å²) in [5.74, 6) is -0.167. The Balaban J connectivity index is 1.93. The van der Waals surface area contributed by atoms with Crippen molar-refractivity contribution in [3.8, 4) is 0 Å². The van der Waals surface area contributed by atoms with Crippen LogP contribution in [0.15, 0.2) is 23.1 Å². The zero-order valence-corrected chi connectivity index (χ0v) is 15.0. The van der Waals surface area contributed by atoms with E-state index in [0.717, 1.165) is 37.9 Å². The molecular weight excluding hydrogens is 336 g/mol. The molecule has 0 amide bonds. The van der Waals surface area contributed by atoms with Crippen LogP contribution >= 0.6 is 11.6 Å². The van der Waals surface area contributed by atoms with Gasteiger partial charge in [0.25, 0.3) is 0 Å². The quantitative estimate of drug-likeness (QED) is 0.767. The molecule has 7 heteroatoms. The molecule has 0 aliphatic heterocycles. The van der Waals surface area contributed by atoms with Crippen LogP contribution in [0.3, 0.4) is 0 Å². The Kier molecular flexibility index (Phi) is 6.87. The van der Waals surface area contributed by atoms with Crippen LogP contribution in [0.25, 0.3) is 0 Å². The number of carbonyl (C=O) groups excluding carboxylic acids is 1. The van der Waals surface area contributed by atoms with Gasteiger partial charge in [-0.1, -0.05) is 11.6 Å². The number of benzene rings is 1. The minimum absolute atomic E-state index is 0.0256. The highest BCUT2D eigenvalue weighted by molar-refractivity contribution is 7.83. The van der Waals surface area contributed by atoms with Gasteiger partial charge in [0.05, 0.1) is 28.6 Å². The second-order valence-electron chi connectivity index (χ2n) is 5.63. The van der Waals surface area contributed by atoms with Gasteiger partial charge < -0.3 is 10.1 Å². The van der Waals surface area contributed by atoms with Gasteiger partial charge in [0.2, 0.25) is 0 Å². The molecule has 0 heterocycles. The summed E-state index contributed by atoms with van der Waals surface area (Å²) in [5.41, 5.74) is 0.788. The van der Waals surface area contributed by atoms with Crippen LogP contribution in [-0.4, -0.2) is 29.9 Å². The molecule has 1 aromatic rings. The molecule has 1 unspecified atom stereocenters. The fraction of sp³-hybridized carbons (Fsp3) is 0.562. The largest absolute Gasteiger partial charge is 0.469 e. The molecule has 2 rings (SSSR count). The smallest absolute Gasteiger partial charge is 0.308 e. The maximum atomic E-state index is 12.5. The van der Waals surface area contributed by atoms with Gasteiger partial charge in [-0.25, -0.2) is 8.93 Å². The molecule has 0 radical (unpaired) electrons. The number of esters is 1. The van der Waals surface area contributed by atoms with Crippen LogP contribution in [-0.2, 0) is 20.5 Å². The molecule has 1 atom stereocenters. The minimum Gasteiger partial charge on any atom is -0.469 e. The standard InChI is InChI=1S/C16H23ClN2O3S/c1-3-18-15-10-13(8-9-14(15)17)23(21)19-12-6-4-11(5-7-12)16(20)22-2/h8-12,18-19H,3-7H2,1-2H3. The Labute approximate surface area is 144 Å². The van der Waals surface area contributed by atoms with E-state index in [1.807, 2.05) is 13.0 Å². The normalized spacial score (nSPS) is 22.4. The highest BCUT2D eigenvalue weighted by atomic mass is 35.5. The lowest BCUT2D eigenvalue weighted by Crippen LogP contribution is -2.36. The monoisotopic (exact) mass is 358 g/mol. The van der Waals surface area contributed by atoms with Gasteiger partial charge in [0.1, 0.15) is 11.0 Å². The molecule has 0 bridgehead atoms. The first-order chi connectivity index (χ1) is 11.0. The predicted octanol–water partition coefficient (Wildman–Crippen LogP) is 3.12. The molecule has 23 heavy (non-hydrogen) atoms. The van der Waals surface area contributed by atoms with Crippen molar-refractivity contribution in [2.24, 2.45) is 5.92 Å². The average Bonchev–Trinajstić information content (AvgIpc) is 2.57. The molecule has 0 saturated heterocycles. The summed E-state index contributed by atoms with van der Waals surface area (Å²) in [6, 6.07) is 5.49.